The highest BCUT2D eigenvalue weighted by Crippen LogP contribution is 2.29. The molecule has 1 aliphatic rings. The van der Waals surface area contributed by atoms with Gasteiger partial charge in [0.2, 0.25) is 0 Å². The van der Waals surface area contributed by atoms with Crippen molar-refractivity contribution in [2.75, 3.05) is 13.7 Å². The third-order valence-corrected chi connectivity index (χ3v) is 4.39. The number of rotatable bonds is 6. The molecular formula is C17H26FNO. The van der Waals surface area contributed by atoms with E-state index in [1.807, 2.05) is 13.0 Å². The van der Waals surface area contributed by atoms with Crippen LogP contribution in [0.25, 0.3) is 0 Å². The summed E-state index contributed by atoms with van der Waals surface area (Å²) in [6.45, 7) is 2.95. The van der Waals surface area contributed by atoms with Gasteiger partial charge in [-0.2, -0.15) is 0 Å². The zero-order valence-corrected chi connectivity index (χ0v) is 12.6. The lowest BCUT2D eigenvalue weighted by Gasteiger charge is -2.23. The van der Waals surface area contributed by atoms with Gasteiger partial charge < -0.3 is 10.1 Å². The Balaban J connectivity index is 1.86. The maximum Gasteiger partial charge on any atom is 0.131 e. The Bertz CT molecular complexity index is 415. The standard InChI is InChI=1S/C17H26FNO/c1-13(17-15(18)9-6-10-16(17)20-2)19-12-11-14-7-4-3-5-8-14/h6,9-10,13-14,19H,3-5,7-8,11-12H2,1-2H3. The first kappa shape index (κ1) is 15.3. The summed E-state index contributed by atoms with van der Waals surface area (Å²) < 4.78 is 19.2. The molecule has 0 heterocycles. The van der Waals surface area contributed by atoms with Crippen LogP contribution in [0.2, 0.25) is 0 Å². The second-order valence-electron chi connectivity index (χ2n) is 5.82. The molecule has 3 heteroatoms. The van der Waals surface area contributed by atoms with E-state index in [-0.39, 0.29) is 11.9 Å². The van der Waals surface area contributed by atoms with E-state index >= 15 is 0 Å². The van der Waals surface area contributed by atoms with Crippen LogP contribution in [0, 0.1) is 11.7 Å². The third-order valence-electron chi connectivity index (χ3n) is 4.39. The summed E-state index contributed by atoms with van der Waals surface area (Å²) in [5.74, 6) is 1.29. The Morgan fingerprint density at radius 3 is 2.75 bits per heavy atom. The van der Waals surface area contributed by atoms with Crippen LogP contribution in [0.4, 0.5) is 4.39 Å². The first-order valence-electron chi connectivity index (χ1n) is 7.78. The lowest BCUT2D eigenvalue weighted by Crippen LogP contribution is -2.23. The van der Waals surface area contributed by atoms with Crippen molar-refractivity contribution in [1.82, 2.24) is 5.32 Å². The average Bonchev–Trinajstić information content (AvgIpc) is 2.47. The molecule has 1 aromatic rings. The zero-order chi connectivity index (χ0) is 14.4. The molecule has 2 rings (SSSR count). The van der Waals surface area contributed by atoms with Gasteiger partial charge in [-0.05, 0) is 37.9 Å². The van der Waals surface area contributed by atoms with Crippen LogP contribution in [0.3, 0.4) is 0 Å². The van der Waals surface area contributed by atoms with Crippen molar-refractivity contribution in [3.05, 3.63) is 29.6 Å². The first-order valence-corrected chi connectivity index (χ1v) is 7.78. The van der Waals surface area contributed by atoms with Gasteiger partial charge >= 0.3 is 0 Å². The Kier molecular flexibility index (Phi) is 5.84. The van der Waals surface area contributed by atoms with E-state index in [1.54, 1.807) is 13.2 Å². The minimum Gasteiger partial charge on any atom is -0.496 e. The van der Waals surface area contributed by atoms with Crippen LogP contribution in [0.5, 0.6) is 5.75 Å². The number of benzene rings is 1. The van der Waals surface area contributed by atoms with Gasteiger partial charge in [0.1, 0.15) is 11.6 Å². The molecular weight excluding hydrogens is 253 g/mol. The normalized spacial score (nSPS) is 17.9. The number of methoxy groups -OCH3 is 1. The molecule has 0 saturated heterocycles. The lowest BCUT2D eigenvalue weighted by atomic mass is 9.87. The van der Waals surface area contributed by atoms with E-state index in [0.29, 0.717) is 11.3 Å². The van der Waals surface area contributed by atoms with Gasteiger partial charge in [0, 0.05) is 11.6 Å². The fraction of sp³-hybridized carbons (Fsp3) is 0.647. The zero-order valence-electron chi connectivity index (χ0n) is 12.6. The number of hydrogen-bond acceptors (Lipinski definition) is 2. The highest BCUT2D eigenvalue weighted by atomic mass is 19.1. The fourth-order valence-corrected chi connectivity index (χ4v) is 3.20. The highest BCUT2D eigenvalue weighted by Gasteiger charge is 2.17. The van der Waals surface area contributed by atoms with E-state index in [2.05, 4.69) is 5.32 Å². The van der Waals surface area contributed by atoms with E-state index in [0.717, 1.165) is 12.5 Å². The molecule has 0 aromatic heterocycles. The molecule has 2 nitrogen and oxygen atoms in total. The van der Waals surface area contributed by atoms with Gasteiger partial charge in [0.15, 0.2) is 0 Å². The van der Waals surface area contributed by atoms with Crippen molar-refractivity contribution < 1.29 is 9.13 Å². The molecule has 1 aliphatic carbocycles. The van der Waals surface area contributed by atoms with Crippen molar-refractivity contribution >= 4 is 0 Å². The van der Waals surface area contributed by atoms with Crippen LogP contribution in [-0.2, 0) is 0 Å². The number of ether oxygens (including phenoxy) is 1. The fourth-order valence-electron chi connectivity index (χ4n) is 3.20. The minimum atomic E-state index is -0.193. The van der Waals surface area contributed by atoms with Gasteiger partial charge in [0.05, 0.1) is 7.11 Å². The summed E-state index contributed by atoms with van der Waals surface area (Å²) >= 11 is 0. The van der Waals surface area contributed by atoms with Crippen molar-refractivity contribution in [1.29, 1.82) is 0 Å². The Hall–Kier alpha value is -1.09. The second kappa shape index (κ2) is 7.63. The van der Waals surface area contributed by atoms with Gasteiger partial charge in [0.25, 0.3) is 0 Å². The molecule has 1 atom stereocenters. The average molecular weight is 279 g/mol. The van der Waals surface area contributed by atoms with Crippen LogP contribution >= 0.6 is 0 Å². The largest absolute Gasteiger partial charge is 0.496 e. The molecule has 0 radical (unpaired) electrons. The summed E-state index contributed by atoms with van der Waals surface area (Å²) in [6.07, 6.45) is 8.06. The maximum absolute atomic E-state index is 13.9. The van der Waals surface area contributed by atoms with Crippen LogP contribution in [0.15, 0.2) is 18.2 Å². The quantitative estimate of drug-likeness (QED) is 0.830. The summed E-state index contributed by atoms with van der Waals surface area (Å²) in [5.41, 5.74) is 0.638. The van der Waals surface area contributed by atoms with E-state index in [1.165, 1.54) is 44.6 Å². The van der Waals surface area contributed by atoms with E-state index in [9.17, 15) is 4.39 Å². The predicted octanol–water partition coefficient (Wildman–Crippen LogP) is 4.46. The molecule has 1 saturated carbocycles. The van der Waals surface area contributed by atoms with E-state index in [4.69, 9.17) is 4.74 Å². The Morgan fingerprint density at radius 2 is 2.05 bits per heavy atom. The molecule has 1 N–H and O–H groups in total. The number of hydrogen-bond donors (Lipinski definition) is 1. The summed E-state index contributed by atoms with van der Waals surface area (Å²) in [5, 5.41) is 3.44. The Morgan fingerprint density at radius 1 is 1.30 bits per heavy atom. The van der Waals surface area contributed by atoms with Gasteiger partial charge in [-0.1, -0.05) is 38.2 Å². The number of halogens is 1. The minimum absolute atomic E-state index is 0.0188. The predicted molar refractivity (Wildman–Crippen MR) is 80.6 cm³/mol. The molecule has 1 fully saturated rings. The Labute approximate surface area is 121 Å². The first-order chi connectivity index (χ1) is 9.72. The molecule has 0 spiro atoms. The molecule has 0 aliphatic heterocycles. The summed E-state index contributed by atoms with van der Waals surface area (Å²) in [6, 6.07) is 4.98. The topological polar surface area (TPSA) is 21.3 Å². The van der Waals surface area contributed by atoms with Crippen LogP contribution < -0.4 is 10.1 Å². The summed E-state index contributed by atoms with van der Waals surface area (Å²) in [7, 11) is 1.59. The van der Waals surface area contributed by atoms with Crippen molar-refractivity contribution in [3.63, 3.8) is 0 Å². The highest BCUT2D eigenvalue weighted by molar-refractivity contribution is 5.36. The van der Waals surface area contributed by atoms with Crippen LogP contribution in [-0.4, -0.2) is 13.7 Å². The van der Waals surface area contributed by atoms with Gasteiger partial charge in [-0.25, -0.2) is 4.39 Å². The molecule has 0 bridgehead atoms. The molecule has 1 aromatic carbocycles. The van der Waals surface area contributed by atoms with Crippen molar-refractivity contribution in [2.45, 2.75) is 51.5 Å². The van der Waals surface area contributed by atoms with E-state index < -0.39 is 0 Å². The second-order valence-corrected chi connectivity index (χ2v) is 5.82. The maximum atomic E-state index is 13.9. The van der Waals surface area contributed by atoms with Gasteiger partial charge in [-0.15, -0.1) is 0 Å². The number of nitrogens with one attached hydrogen (secondary N) is 1. The lowest BCUT2D eigenvalue weighted by molar-refractivity contribution is 0.327. The summed E-state index contributed by atoms with van der Waals surface area (Å²) in [4.78, 5) is 0. The monoisotopic (exact) mass is 279 g/mol. The molecule has 0 amide bonds. The molecule has 1 unspecified atom stereocenters. The van der Waals surface area contributed by atoms with Crippen molar-refractivity contribution in [3.8, 4) is 5.75 Å². The smallest absolute Gasteiger partial charge is 0.131 e. The SMILES string of the molecule is COc1cccc(F)c1C(C)NCCC1CCCCC1. The van der Waals surface area contributed by atoms with Gasteiger partial charge in [-0.3, -0.25) is 0 Å². The molecule has 112 valence electrons. The van der Waals surface area contributed by atoms with Crippen molar-refractivity contribution in [2.24, 2.45) is 5.92 Å². The molecule has 20 heavy (non-hydrogen) atoms. The van der Waals surface area contributed by atoms with Crippen LogP contribution in [0.1, 0.15) is 57.1 Å². The third kappa shape index (κ3) is 3.95.